The van der Waals surface area contributed by atoms with Gasteiger partial charge in [-0.15, -0.1) is 0 Å². The third-order valence-electron chi connectivity index (χ3n) is 6.45. The first-order valence-electron chi connectivity index (χ1n) is 11.7. The van der Waals surface area contributed by atoms with Crippen LogP contribution in [0.1, 0.15) is 32.9 Å². The summed E-state index contributed by atoms with van der Waals surface area (Å²) in [6.07, 6.45) is 2.31. The predicted octanol–water partition coefficient (Wildman–Crippen LogP) is 4.91. The van der Waals surface area contributed by atoms with Crippen LogP contribution in [-0.2, 0) is 6.42 Å². The van der Waals surface area contributed by atoms with Crippen molar-refractivity contribution in [1.82, 2.24) is 14.9 Å². The molecule has 3 heterocycles. The van der Waals surface area contributed by atoms with E-state index < -0.39 is 0 Å². The molecule has 0 bridgehead atoms. The fraction of sp³-hybridized carbons (Fsp3) is 0.250. The second-order valence-electron chi connectivity index (χ2n) is 8.66. The second-order valence-corrected chi connectivity index (χ2v) is 8.66. The van der Waals surface area contributed by atoms with Crippen LogP contribution in [0, 0.1) is 13.8 Å². The molecule has 0 unspecified atom stereocenters. The Labute approximate surface area is 199 Å². The number of benzene rings is 2. The summed E-state index contributed by atoms with van der Waals surface area (Å²) in [4.78, 5) is 26.8. The van der Waals surface area contributed by atoms with E-state index in [1.165, 1.54) is 17.4 Å². The highest BCUT2D eigenvalue weighted by Gasteiger charge is 2.27. The zero-order chi connectivity index (χ0) is 23.5. The molecular weight excluding hydrogens is 424 g/mol. The Hall–Kier alpha value is -3.93. The van der Waals surface area contributed by atoms with E-state index in [2.05, 4.69) is 43.0 Å². The first-order chi connectivity index (χ1) is 16.6. The summed E-state index contributed by atoms with van der Waals surface area (Å²) < 4.78 is 5.31. The zero-order valence-corrected chi connectivity index (χ0v) is 19.6. The molecule has 0 spiro atoms. The summed E-state index contributed by atoms with van der Waals surface area (Å²) in [5, 5.41) is 0. The number of carbonyl (C=O) groups excluding carboxylic acids is 1. The number of amides is 1. The number of carbonyl (C=O) groups is 1. The highest BCUT2D eigenvalue weighted by Crippen LogP contribution is 2.29. The van der Waals surface area contributed by atoms with Gasteiger partial charge in [-0.25, -0.2) is 9.97 Å². The Morgan fingerprint density at radius 1 is 0.882 bits per heavy atom. The minimum Gasteiger partial charge on any atom is -0.459 e. The van der Waals surface area contributed by atoms with E-state index in [9.17, 15) is 4.79 Å². The van der Waals surface area contributed by atoms with Gasteiger partial charge in [-0.05, 0) is 37.1 Å². The molecule has 0 radical (unpaired) electrons. The van der Waals surface area contributed by atoms with Crippen LogP contribution in [0.5, 0.6) is 0 Å². The molecule has 2 aromatic carbocycles. The second kappa shape index (κ2) is 9.51. The number of anilines is 1. The Balaban J connectivity index is 1.47. The van der Waals surface area contributed by atoms with Crippen molar-refractivity contribution < 1.29 is 9.21 Å². The normalized spacial score (nSPS) is 13.8. The van der Waals surface area contributed by atoms with Crippen molar-refractivity contribution in [1.29, 1.82) is 0 Å². The predicted molar refractivity (Wildman–Crippen MR) is 133 cm³/mol. The number of aryl methyl sites for hydroxylation is 2. The van der Waals surface area contributed by atoms with Crippen LogP contribution in [-0.4, -0.2) is 47.0 Å². The van der Waals surface area contributed by atoms with E-state index in [0.29, 0.717) is 31.9 Å². The third kappa shape index (κ3) is 4.44. The smallest absolute Gasteiger partial charge is 0.289 e. The van der Waals surface area contributed by atoms with Crippen LogP contribution in [0.2, 0.25) is 0 Å². The molecule has 0 aliphatic carbocycles. The van der Waals surface area contributed by atoms with Gasteiger partial charge in [-0.3, -0.25) is 4.79 Å². The van der Waals surface area contributed by atoms with Crippen LogP contribution >= 0.6 is 0 Å². The average molecular weight is 453 g/mol. The molecule has 172 valence electrons. The fourth-order valence-corrected chi connectivity index (χ4v) is 4.44. The van der Waals surface area contributed by atoms with Crippen molar-refractivity contribution >= 4 is 11.7 Å². The Kier molecular flexibility index (Phi) is 6.12. The molecular formula is C28H28N4O2. The van der Waals surface area contributed by atoms with Gasteiger partial charge in [0.25, 0.3) is 5.91 Å². The molecule has 1 fully saturated rings. The third-order valence-corrected chi connectivity index (χ3v) is 6.45. The first kappa shape index (κ1) is 21.9. The van der Waals surface area contributed by atoms with Crippen LogP contribution in [0.4, 0.5) is 5.82 Å². The van der Waals surface area contributed by atoms with Gasteiger partial charge in [-0.1, -0.05) is 54.6 Å². The lowest BCUT2D eigenvalue weighted by Gasteiger charge is -2.36. The minimum absolute atomic E-state index is 0.0615. The maximum atomic E-state index is 12.7. The summed E-state index contributed by atoms with van der Waals surface area (Å²) >= 11 is 0. The molecule has 0 N–H and O–H groups in total. The number of hydrogen-bond donors (Lipinski definition) is 0. The van der Waals surface area contributed by atoms with E-state index in [1.54, 1.807) is 12.1 Å². The maximum absolute atomic E-state index is 12.7. The topological polar surface area (TPSA) is 62.5 Å². The van der Waals surface area contributed by atoms with Gasteiger partial charge in [0.05, 0.1) is 6.26 Å². The number of furan rings is 1. The van der Waals surface area contributed by atoms with Crippen molar-refractivity contribution in [2.45, 2.75) is 20.3 Å². The quantitative estimate of drug-likeness (QED) is 0.431. The van der Waals surface area contributed by atoms with E-state index in [4.69, 9.17) is 14.4 Å². The molecule has 1 aliphatic heterocycles. The van der Waals surface area contributed by atoms with Crippen molar-refractivity contribution in [3.8, 4) is 11.4 Å². The number of rotatable bonds is 5. The lowest BCUT2D eigenvalue weighted by molar-refractivity contribution is 0.0714. The molecule has 5 rings (SSSR count). The number of piperazine rings is 1. The zero-order valence-electron chi connectivity index (χ0n) is 19.6. The van der Waals surface area contributed by atoms with Crippen molar-refractivity contribution in [3.05, 3.63) is 101 Å². The van der Waals surface area contributed by atoms with Crippen molar-refractivity contribution in [3.63, 3.8) is 0 Å². The molecule has 6 heteroatoms. The number of aromatic nitrogens is 2. The van der Waals surface area contributed by atoms with E-state index in [1.807, 2.05) is 35.2 Å². The summed E-state index contributed by atoms with van der Waals surface area (Å²) in [7, 11) is 0. The molecule has 1 aliphatic rings. The van der Waals surface area contributed by atoms with Gasteiger partial charge < -0.3 is 14.2 Å². The van der Waals surface area contributed by atoms with E-state index in [-0.39, 0.29) is 5.91 Å². The van der Waals surface area contributed by atoms with E-state index in [0.717, 1.165) is 34.9 Å². The fourth-order valence-electron chi connectivity index (χ4n) is 4.44. The molecule has 34 heavy (non-hydrogen) atoms. The maximum Gasteiger partial charge on any atom is 0.289 e. The van der Waals surface area contributed by atoms with Crippen molar-refractivity contribution in [2.75, 3.05) is 31.1 Å². The van der Waals surface area contributed by atoms with Crippen LogP contribution < -0.4 is 4.90 Å². The van der Waals surface area contributed by atoms with Gasteiger partial charge in [-0.2, -0.15) is 0 Å². The van der Waals surface area contributed by atoms with Crippen LogP contribution in [0.3, 0.4) is 0 Å². The van der Waals surface area contributed by atoms with Gasteiger partial charge in [0.15, 0.2) is 11.6 Å². The van der Waals surface area contributed by atoms with Crippen molar-refractivity contribution in [2.24, 2.45) is 0 Å². The summed E-state index contributed by atoms with van der Waals surface area (Å²) in [5.74, 6) is 2.02. The van der Waals surface area contributed by atoms with Gasteiger partial charge in [0, 0.05) is 49.4 Å². The Morgan fingerprint density at radius 3 is 2.32 bits per heavy atom. The summed E-state index contributed by atoms with van der Waals surface area (Å²) in [5.41, 5.74) is 5.66. The monoisotopic (exact) mass is 452 g/mol. The first-order valence-corrected chi connectivity index (χ1v) is 11.7. The Bertz CT molecular complexity index is 1280. The SMILES string of the molecule is Cc1ccccc1Cc1c(C)nc(-c2ccccc2)nc1N1CCN(C(=O)c2ccco2)CC1. The number of hydrogen-bond acceptors (Lipinski definition) is 5. The highest BCUT2D eigenvalue weighted by atomic mass is 16.3. The molecule has 0 atom stereocenters. The average Bonchev–Trinajstić information content (AvgIpc) is 3.42. The standard InChI is InChI=1S/C28H28N4O2/c1-20-9-6-7-12-23(20)19-24-21(2)29-26(22-10-4-3-5-11-22)30-27(24)31-14-16-32(17-15-31)28(33)25-13-8-18-34-25/h3-13,18H,14-17,19H2,1-2H3. The lowest BCUT2D eigenvalue weighted by Crippen LogP contribution is -2.49. The van der Waals surface area contributed by atoms with E-state index >= 15 is 0 Å². The van der Waals surface area contributed by atoms with Crippen LogP contribution in [0.25, 0.3) is 11.4 Å². The molecule has 6 nitrogen and oxygen atoms in total. The van der Waals surface area contributed by atoms with Gasteiger partial charge >= 0.3 is 0 Å². The molecule has 1 saturated heterocycles. The minimum atomic E-state index is -0.0615. The lowest BCUT2D eigenvalue weighted by atomic mass is 9.99. The molecule has 1 amide bonds. The number of nitrogens with zero attached hydrogens (tertiary/aromatic N) is 4. The van der Waals surface area contributed by atoms with Gasteiger partial charge in [0.2, 0.25) is 0 Å². The summed E-state index contributed by atoms with van der Waals surface area (Å²) in [6.45, 7) is 6.86. The Morgan fingerprint density at radius 2 is 1.62 bits per heavy atom. The largest absolute Gasteiger partial charge is 0.459 e. The summed E-state index contributed by atoms with van der Waals surface area (Å²) in [6, 6.07) is 22.0. The molecule has 4 aromatic rings. The van der Waals surface area contributed by atoms with Gasteiger partial charge in [0.1, 0.15) is 5.82 Å². The molecule has 2 aromatic heterocycles. The molecule has 0 saturated carbocycles. The van der Waals surface area contributed by atoms with Crippen LogP contribution in [0.15, 0.2) is 77.4 Å². The highest BCUT2D eigenvalue weighted by molar-refractivity contribution is 5.91.